The lowest BCUT2D eigenvalue weighted by atomic mass is 10.0. The molecule has 0 rings (SSSR count). The number of unbranched alkanes of at least 4 members (excludes halogenated alkanes) is 59. The number of allylic oxidation sites excluding steroid dienone is 3. The third kappa shape index (κ3) is 69.3. The molecular weight excluding hydrogens is 1020 g/mol. The molecule has 0 fully saturated rings. The minimum atomic E-state index is -0.846. The van der Waals surface area contributed by atoms with E-state index in [0.717, 1.165) is 38.5 Å². The second-order valence-corrected chi connectivity index (χ2v) is 26.3. The van der Waals surface area contributed by atoms with Gasteiger partial charge in [0, 0.05) is 12.8 Å². The Morgan fingerprint density at radius 2 is 0.566 bits per heavy atom. The number of nitrogens with one attached hydrogen (secondary N) is 1. The highest BCUT2D eigenvalue weighted by Gasteiger charge is 2.18. The Hall–Kier alpha value is -1.66. The van der Waals surface area contributed by atoms with Crippen LogP contribution in [-0.4, -0.2) is 47.4 Å². The van der Waals surface area contributed by atoms with Crippen LogP contribution in [-0.2, 0) is 14.3 Å². The van der Waals surface area contributed by atoms with Crippen LogP contribution in [0.3, 0.4) is 0 Å². The van der Waals surface area contributed by atoms with Crippen molar-refractivity contribution in [2.45, 2.75) is 443 Å². The van der Waals surface area contributed by atoms with Gasteiger partial charge in [-0.2, -0.15) is 0 Å². The van der Waals surface area contributed by atoms with Crippen molar-refractivity contribution >= 4 is 11.9 Å². The van der Waals surface area contributed by atoms with Crippen LogP contribution in [0.15, 0.2) is 24.3 Å². The van der Waals surface area contributed by atoms with Crippen LogP contribution < -0.4 is 5.32 Å². The molecule has 0 aliphatic heterocycles. The van der Waals surface area contributed by atoms with Crippen LogP contribution >= 0.6 is 0 Å². The van der Waals surface area contributed by atoms with Crippen LogP contribution in [0.2, 0.25) is 0 Å². The number of carbonyl (C=O) groups excluding carboxylic acids is 2. The van der Waals surface area contributed by atoms with E-state index in [1.165, 1.54) is 366 Å². The van der Waals surface area contributed by atoms with Crippen molar-refractivity contribution < 1.29 is 24.5 Å². The molecule has 0 heterocycles. The summed E-state index contributed by atoms with van der Waals surface area (Å²) in [6, 6.07) is -0.630. The highest BCUT2D eigenvalue weighted by molar-refractivity contribution is 5.76. The normalized spacial score (nSPS) is 12.6. The quantitative estimate of drug-likeness (QED) is 0.0320. The monoisotopic (exact) mass is 1170 g/mol. The summed E-state index contributed by atoms with van der Waals surface area (Å²) in [5.74, 6) is -0.0457. The van der Waals surface area contributed by atoms with Crippen molar-refractivity contribution in [2.24, 2.45) is 0 Å². The molecule has 0 saturated heterocycles. The molecule has 0 aromatic carbocycles. The highest BCUT2D eigenvalue weighted by atomic mass is 16.5. The fraction of sp³-hybridized carbons (Fsp3) is 0.922. The molecule has 0 bridgehead atoms. The Morgan fingerprint density at radius 3 is 0.855 bits per heavy atom. The molecule has 2 unspecified atom stereocenters. The van der Waals surface area contributed by atoms with Crippen LogP contribution in [0.1, 0.15) is 431 Å². The summed E-state index contributed by atoms with van der Waals surface area (Å²) in [6.07, 6.45) is 92.8. The van der Waals surface area contributed by atoms with E-state index in [1.54, 1.807) is 6.08 Å². The highest BCUT2D eigenvalue weighted by Crippen LogP contribution is 2.19. The van der Waals surface area contributed by atoms with E-state index in [1.807, 2.05) is 6.08 Å². The number of aliphatic hydroxyl groups is 2. The number of esters is 1. The van der Waals surface area contributed by atoms with Gasteiger partial charge in [0.2, 0.25) is 5.91 Å². The van der Waals surface area contributed by atoms with Gasteiger partial charge >= 0.3 is 5.97 Å². The number of hydrogen-bond acceptors (Lipinski definition) is 5. The topological polar surface area (TPSA) is 95.9 Å². The van der Waals surface area contributed by atoms with E-state index < -0.39 is 12.1 Å². The van der Waals surface area contributed by atoms with Gasteiger partial charge < -0.3 is 20.3 Å². The first-order chi connectivity index (χ1) is 41.0. The van der Waals surface area contributed by atoms with Gasteiger partial charge in [0.25, 0.3) is 0 Å². The largest absolute Gasteiger partial charge is 0.466 e. The van der Waals surface area contributed by atoms with E-state index >= 15 is 0 Å². The fourth-order valence-electron chi connectivity index (χ4n) is 12.2. The first-order valence-electron chi connectivity index (χ1n) is 38.1. The molecule has 0 aromatic heterocycles. The number of amides is 1. The Bertz CT molecular complexity index is 1300. The molecule has 0 saturated carbocycles. The van der Waals surface area contributed by atoms with Gasteiger partial charge in [0.05, 0.1) is 25.4 Å². The summed E-state index contributed by atoms with van der Waals surface area (Å²) in [6.45, 7) is 4.95. The van der Waals surface area contributed by atoms with Crippen molar-refractivity contribution in [1.82, 2.24) is 5.32 Å². The maximum Gasteiger partial charge on any atom is 0.305 e. The van der Waals surface area contributed by atoms with E-state index in [2.05, 4.69) is 31.3 Å². The predicted molar refractivity (Wildman–Crippen MR) is 366 cm³/mol. The van der Waals surface area contributed by atoms with E-state index in [-0.39, 0.29) is 18.5 Å². The smallest absolute Gasteiger partial charge is 0.305 e. The SMILES string of the molecule is CCCCCCCCCCCCCCCCCCCCCCCCC/C=C/C(O)C(CO)NC(=O)CCCCCCCCCCCCC/C=C\CCCCCCCCCCCCCCOC(=O)CCCCCCCCCCCCCCCC. The molecule has 83 heavy (non-hydrogen) atoms. The van der Waals surface area contributed by atoms with Gasteiger partial charge in [-0.15, -0.1) is 0 Å². The average molecular weight is 1170 g/mol. The van der Waals surface area contributed by atoms with Gasteiger partial charge in [-0.1, -0.05) is 385 Å². The van der Waals surface area contributed by atoms with Crippen LogP contribution in [0, 0.1) is 0 Å². The molecule has 6 heteroatoms. The summed E-state index contributed by atoms with van der Waals surface area (Å²) in [7, 11) is 0. The van der Waals surface area contributed by atoms with E-state index in [0.29, 0.717) is 19.4 Å². The van der Waals surface area contributed by atoms with Gasteiger partial charge in [-0.25, -0.2) is 0 Å². The molecule has 3 N–H and O–H groups in total. The van der Waals surface area contributed by atoms with Crippen molar-refractivity contribution in [3.8, 4) is 0 Å². The maximum atomic E-state index is 12.5. The fourth-order valence-corrected chi connectivity index (χ4v) is 12.2. The van der Waals surface area contributed by atoms with Crippen LogP contribution in [0.5, 0.6) is 0 Å². The zero-order valence-electron chi connectivity index (χ0n) is 56.5. The lowest BCUT2D eigenvalue weighted by molar-refractivity contribution is -0.143. The molecule has 0 spiro atoms. The summed E-state index contributed by atoms with van der Waals surface area (Å²) < 4.78 is 5.50. The van der Waals surface area contributed by atoms with Crippen molar-refractivity contribution in [3.63, 3.8) is 0 Å². The molecule has 492 valence electrons. The molecule has 0 aliphatic carbocycles. The standard InChI is InChI=1S/C77H149NO5/c1-3-5-7-9-11-13-15-17-19-20-21-22-23-27-30-33-36-39-42-45-49-53-57-61-65-69-75(80)74(73-79)78-76(81)70-66-62-58-54-50-46-43-40-37-34-31-28-25-24-26-29-32-35-38-41-44-48-52-56-60-64-68-72-83-77(82)71-67-63-59-55-51-47-18-16-14-12-10-8-6-4-2/h24-25,65,69,74-75,79-80H,3-23,26-64,66-68,70-73H2,1-2H3,(H,78,81)/b25-24-,69-65+. The second-order valence-electron chi connectivity index (χ2n) is 26.3. The Kier molecular flexibility index (Phi) is 71.4. The average Bonchev–Trinajstić information content (AvgIpc) is 3.48. The van der Waals surface area contributed by atoms with Crippen molar-refractivity contribution in [1.29, 1.82) is 0 Å². The maximum absolute atomic E-state index is 12.5. The lowest BCUT2D eigenvalue weighted by Crippen LogP contribution is -2.45. The first-order valence-corrected chi connectivity index (χ1v) is 38.1. The number of ether oxygens (including phenoxy) is 1. The minimum absolute atomic E-state index is 0.0180. The van der Waals surface area contributed by atoms with Gasteiger partial charge in [-0.3, -0.25) is 9.59 Å². The third-order valence-corrected chi connectivity index (χ3v) is 18.0. The summed E-state index contributed by atoms with van der Waals surface area (Å²) >= 11 is 0. The molecule has 0 aromatic rings. The Morgan fingerprint density at radius 1 is 0.325 bits per heavy atom. The minimum Gasteiger partial charge on any atom is -0.466 e. The second kappa shape index (κ2) is 72.8. The lowest BCUT2D eigenvalue weighted by Gasteiger charge is -2.20. The van der Waals surface area contributed by atoms with Gasteiger partial charge in [-0.05, 0) is 57.8 Å². The Labute approximate surface area is 520 Å². The number of hydrogen-bond donors (Lipinski definition) is 3. The molecule has 1 amide bonds. The summed E-state index contributed by atoms with van der Waals surface area (Å²) in [5, 5.41) is 23.3. The number of carbonyl (C=O) groups is 2. The summed E-state index contributed by atoms with van der Waals surface area (Å²) in [5.41, 5.74) is 0. The predicted octanol–water partition coefficient (Wildman–Crippen LogP) is 24.9. The molecule has 0 radical (unpaired) electrons. The van der Waals surface area contributed by atoms with Gasteiger partial charge in [0.1, 0.15) is 0 Å². The summed E-state index contributed by atoms with van der Waals surface area (Å²) in [4.78, 5) is 24.6. The molecule has 0 aliphatic rings. The van der Waals surface area contributed by atoms with Crippen LogP contribution in [0.4, 0.5) is 0 Å². The van der Waals surface area contributed by atoms with E-state index in [9.17, 15) is 19.8 Å². The zero-order valence-corrected chi connectivity index (χ0v) is 56.5. The van der Waals surface area contributed by atoms with Gasteiger partial charge in [0.15, 0.2) is 0 Å². The molecule has 2 atom stereocenters. The molecular formula is C77H149NO5. The number of aliphatic hydroxyl groups excluding tert-OH is 2. The van der Waals surface area contributed by atoms with E-state index in [4.69, 9.17) is 4.74 Å². The van der Waals surface area contributed by atoms with Crippen LogP contribution in [0.25, 0.3) is 0 Å². The first kappa shape index (κ1) is 81.3. The number of rotatable bonds is 72. The van der Waals surface area contributed by atoms with Crippen molar-refractivity contribution in [3.05, 3.63) is 24.3 Å². The zero-order chi connectivity index (χ0) is 59.9. The molecule has 6 nitrogen and oxygen atoms in total. The third-order valence-electron chi connectivity index (χ3n) is 18.0. The Balaban J connectivity index is 3.40. The van der Waals surface area contributed by atoms with Crippen molar-refractivity contribution in [2.75, 3.05) is 13.2 Å².